The van der Waals surface area contributed by atoms with Crippen LogP contribution in [-0.4, -0.2) is 94.7 Å². The number of aliphatic carboxylic acids is 1. The van der Waals surface area contributed by atoms with Gasteiger partial charge in [0.05, 0.1) is 36.2 Å². The third kappa shape index (κ3) is 5.99. The average molecular weight is 655 g/mol. The van der Waals surface area contributed by atoms with Gasteiger partial charge in [0.2, 0.25) is 0 Å². The van der Waals surface area contributed by atoms with Gasteiger partial charge in [-0.15, -0.1) is 0 Å². The number of nitrogens with zero attached hydrogens (tertiary/aromatic N) is 5. The smallest absolute Gasteiger partial charge is 0.337 e. The Kier molecular flexibility index (Phi) is 8.55. The van der Waals surface area contributed by atoms with Gasteiger partial charge >= 0.3 is 5.97 Å². The molecule has 0 spiro atoms. The van der Waals surface area contributed by atoms with Gasteiger partial charge in [-0.1, -0.05) is 6.07 Å². The fourth-order valence-electron chi connectivity index (χ4n) is 7.28. The molecule has 0 unspecified atom stereocenters. The minimum absolute atomic E-state index is 0.534. The Morgan fingerprint density at radius 3 is 2.65 bits per heavy atom. The summed E-state index contributed by atoms with van der Waals surface area (Å²) in [4.78, 5) is 27.7. The van der Waals surface area contributed by atoms with Gasteiger partial charge < -0.3 is 34.1 Å². The van der Waals surface area contributed by atoms with Crippen molar-refractivity contribution in [3.63, 3.8) is 0 Å². The van der Waals surface area contributed by atoms with E-state index in [-0.39, 0.29) is 0 Å². The predicted octanol–water partition coefficient (Wildman–Crippen LogP) is 5.58. The number of aromatic nitrogens is 3. The van der Waals surface area contributed by atoms with Crippen LogP contribution in [0.25, 0.3) is 33.4 Å². The van der Waals surface area contributed by atoms with Gasteiger partial charge in [-0.25, -0.2) is 14.8 Å². The number of aryl methyl sites for hydroxylation is 2. The van der Waals surface area contributed by atoms with E-state index in [0.717, 1.165) is 102 Å². The minimum atomic E-state index is -1.22. The van der Waals surface area contributed by atoms with Crippen LogP contribution < -0.4 is 15.0 Å². The molecule has 3 aliphatic heterocycles. The van der Waals surface area contributed by atoms with E-state index >= 15 is 0 Å². The van der Waals surface area contributed by atoms with Crippen LogP contribution >= 0.6 is 0 Å². The number of hydrogen-bond acceptors (Lipinski definition) is 9. The molecule has 0 bridgehead atoms. The molecule has 254 valence electrons. The van der Waals surface area contributed by atoms with E-state index in [1.165, 1.54) is 0 Å². The van der Waals surface area contributed by atoms with E-state index in [4.69, 9.17) is 24.2 Å². The van der Waals surface area contributed by atoms with E-state index in [1.54, 1.807) is 0 Å². The summed E-state index contributed by atoms with van der Waals surface area (Å²) in [5.41, 5.74) is 6.88. The van der Waals surface area contributed by atoms with Crippen molar-refractivity contribution in [2.24, 2.45) is 7.05 Å². The van der Waals surface area contributed by atoms with E-state index in [9.17, 15) is 9.90 Å². The number of anilines is 2. The number of pyridine rings is 2. The van der Waals surface area contributed by atoms with E-state index < -0.39 is 17.7 Å². The van der Waals surface area contributed by atoms with Gasteiger partial charge in [-0.2, -0.15) is 0 Å². The first-order chi connectivity index (χ1) is 23.0. The quantitative estimate of drug-likeness (QED) is 0.262. The number of nitrogens with one attached hydrogen (secondary N) is 1. The van der Waals surface area contributed by atoms with Gasteiger partial charge in [0, 0.05) is 73.7 Å². The van der Waals surface area contributed by atoms with Crippen molar-refractivity contribution >= 4 is 28.5 Å². The van der Waals surface area contributed by atoms with Gasteiger partial charge in [0.15, 0.2) is 6.10 Å². The lowest BCUT2D eigenvalue weighted by Gasteiger charge is -2.36. The number of carbonyl (C=O) groups is 1. The third-order valence-corrected chi connectivity index (χ3v) is 9.75. The Morgan fingerprint density at radius 2 is 1.92 bits per heavy atom. The van der Waals surface area contributed by atoms with Crippen molar-refractivity contribution in [1.82, 2.24) is 19.4 Å². The molecule has 7 rings (SSSR count). The summed E-state index contributed by atoms with van der Waals surface area (Å²) in [6.07, 6.45) is 1.74. The highest BCUT2D eigenvalue weighted by Crippen LogP contribution is 2.45. The average Bonchev–Trinajstić information content (AvgIpc) is 3.17. The summed E-state index contributed by atoms with van der Waals surface area (Å²) >= 11 is 0. The molecular formula is C37H46N6O5. The van der Waals surface area contributed by atoms with Crippen LogP contribution in [0.3, 0.4) is 0 Å². The standard InChI is InChI=1S/C37H46N6O5/c1-22-26(8-9-29-33(22)39-12-17-47-29)32-27-19-28(41(6)35(27)40-23(2)31(32)34(36(44)45)48-37(3,4)5)24-10-11-38-30(18-24)43-14-7-13-42(15-16-43)25-20-46-21-25/h8-11,18-19,25,34,39H,7,12-17,20-21H2,1-6H3,(H,44,45)/t34-/m0/s1. The van der Waals surface area contributed by atoms with Gasteiger partial charge in [-0.05, 0) is 76.4 Å². The van der Waals surface area contributed by atoms with Crippen LogP contribution in [0.1, 0.15) is 50.1 Å². The predicted molar refractivity (Wildman–Crippen MR) is 187 cm³/mol. The van der Waals surface area contributed by atoms with Crippen molar-refractivity contribution in [2.75, 3.05) is 62.8 Å². The first-order valence-corrected chi connectivity index (χ1v) is 16.9. The number of fused-ring (bicyclic) bond motifs is 2. The van der Waals surface area contributed by atoms with E-state index in [0.29, 0.717) is 30.5 Å². The van der Waals surface area contributed by atoms with Crippen LogP contribution in [0.2, 0.25) is 0 Å². The fraction of sp³-hybridized carbons (Fsp3) is 0.486. The van der Waals surface area contributed by atoms with Crippen molar-refractivity contribution in [2.45, 2.75) is 58.8 Å². The summed E-state index contributed by atoms with van der Waals surface area (Å²) in [5, 5.41) is 14.9. The Bertz CT molecular complexity index is 1860. The lowest BCUT2D eigenvalue weighted by atomic mass is 9.89. The van der Waals surface area contributed by atoms with Crippen molar-refractivity contribution < 1.29 is 24.1 Å². The number of hydrogen-bond donors (Lipinski definition) is 2. The molecule has 3 aliphatic rings. The monoisotopic (exact) mass is 654 g/mol. The Balaban J connectivity index is 1.37. The highest BCUT2D eigenvalue weighted by atomic mass is 16.5. The molecular weight excluding hydrogens is 608 g/mol. The lowest BCUT2D eigenvalue weighted by Crippen LogP contribution is -2.50. The molecule has 11 heteroatoms. The molecule has 0 saturated carbocycles. The molecule has 6 heterocycles. The Morgan fingerprint density at radius 1 is 1.10 bits per heavy atom. The maximum absolute atomic E-state index is 12.9. The topological polar surface area (TPSA) is 114 Å². The maximum Gasteiger partial charge on any atom is 0.337 e. The number of rotatable bonds is 7. The maximum atomic E-state index is 12.9. The molecule has 1 aromatic carbocycles. The number of benzene rings is 1. The summed E-state index contributed by atoms with van der Waals surface area (Å²) in [6, 6.07) is 10.9. The summed E-state index contributed by atoms with van der Waals surface area (Å²) < 4.78 is 19.8. The van der Waals surface area contributed by atoms with Crippen LogP contribution in [0.4, 0.5) is 11.5 Å². The number of carboxylic acids is 1. The van der Waals surface area contributed by atoms with Gasteiger partial charge in [0.25, 0.3) is 0 Å². The molecule has 0 amide bonds. The van der Waals surface area contributed by atoms with Crippen LogP contribution in [0.15, 0.2) is 36.5 Å². The lowest BCUT2D eigenvalue weighted by molar-refractivity contribution is -0.160. The minimum Gasteiger partial charge on any atom is -0.490 e. The Hall–Kier alpha value is -4.19. The zero-order chi connectivity index (χ0) is 33.7. The Labute approximate surface area is 281 Å². The van der Waals surface area contributed by atoms with Gasteiger partial charge in [-0.3, -0.25) is 4.90 Å². The first-order valence-electron chi connectivity index (χ1n) is 16.9. The second-order valence-electron chi connectivity index (χ2n) is 14.1. The molecule has 4 aromatic rings. The zero-order valence-electron chi connectivity index (χ0n) is 28.8. The SMILES string of the molecule is Cc1nc2c(cc(-c3ccnc(N4CCCN(C5COC5)CC4)c3)n2C)c(-c2ccc3c(c2C)NCCO3)c1[C@H](OC(C)(C)C)C(=O)O. The summed E-state index contributed by atoms with van der Waals surface area (Å²) in [7, 11) is 2.02. The van der Waals surface area contributed by atoms with Crippen LogP contribution in [0, 0.1) is 13.8 Å². The van der Waals surface area contributed by atoms with Crippen molar-refractivity contribution in [1.29, 1.82) is 0 Å². The normalized spacial score (nSPS) is 18.1. The molecule has 2 N–H and O–H groups in total. The van der Waals surface area contributed by atoms with Crippen molar-refractivity contribution in [3.05, 3.63) is 53.3 Å². The molecule has 11 nitrogen and oxygen atoms in total. The zero-order valence-corrected chi connectivity index (χ0v) is 28.8. The van der Waals surface area contributed by atoms with E-state index in [1.807, 2.05) is 59.1 Å². The fourth-order valence-corrected chi connectivity index (χ4v) is 7.28. The number of carboxylic acid groups (broad SMARTS) is 1. The summed E-state index contributed by atoms with van der Waals surface area (Å²) in [6.45, 7) is 16.4. The third-order valence-electron chi connectivity index (χ3n) is 9.75. The molecule has 1 atom stereocenters. The molecule has 0 radical (unpaired) electrons. The number of ether oxygens (including phenoxy) is 3. The molecule has 0 aliphatic carbocycles. The van der Waals surface area contributed by atoms with Gasteiger partial charge in [0.1, 0.15) is 23.8 Å². The summed E-state index contributed by atoms with van der Waals surface area (Å²) in [5.74, 6) is 0.696. The molecule has 2 saturated heterocycles. The molecule has 2 fully saturated rings. The molecule has 48 heavy (non-hydrogen) atoms. The second-order valence-corrected chi connectivity index (χ2v) is 14.1. The molecule has 3 aromatic heterocycles. The first kappa shape index (κ1) is 32.4. The highest BCUT2D eigenvalue weighted by molar-refractivity contribution is 6.02. The van der Waals surface area contributed by atoms with Crippen LogP contribution in [-0.2, 0) is 21.3 Å². The highest BCUT2D eigenvalue weighted by Gasteiger charge is 2.34. The second kappa shape index (κ2) is 12.7. The largest absolute Gasteiger partial charge is 0.490 e. The van der Waals surface area contributed by atoms with Crippen molar-refractivity contribution in [3.8, 4) is 28.1 Å². The van der Waals surface area contributed by atoms with E-state index in [2.05, 4.69) is 38.7 Å². The van der Waals surface area contributed by atoms with Crippen LogP contribution in [0.5, 0.6) is 5.75 Å².